The Labute approximate surface area is 121 Å². The third-order valence-electron chi connectivity index (χ3n) is 3.40. The second kappa shape index (κ2) is 7.43. The van der Waals surface area contributed by atoms with E-state index >= 15 is 0 Å². The third kappa shape index (κ3) is 4.34. The number of hydrogen-bond donors (Lipinski definition) is 1. The van der Waals surface area contributed by atoms with Gasteiger partial charge in [0.2, 0.25) is 5.88 Å². The van der Waals surface area contributed by atoms with Gasteiger partial charge in [-0.05, 0) is 39.7 Å². The molecule has 0 aliphatic carbocycles. The molecule has 1 atom stereocenters. The molecule has 1 N–H and O–H groups in total. The van der Waals surface area contributed by atoms with E-state index in [4.69, 9.17) is 4.74 Å². The number of nitrogens with one attached hydrogen (secondary N) is 1. The lowest BCUT2D eigenvalue weighted by Crippen LogP contribution is -2.38. The fourth-order valence-corrected chi connectivity index (χ4v) is 2.56. The van der Waals surface area contributed by atoms with E-state index in [1.54, 1.807) is 6.33 Å². The summed E-state index contributed by atoms with van der Waals surface area (Å²) >= 11 is 0. The van der Waals surface area contributed by atoms with Gasteiger partial charge in [0.15, 0.2) is 0 Å². The summed E-state index contributed by atoms with van der Waals surface area (Å²) in [6, 6.07) is 2.52. The molecule has 1 unspecified atom stereocenters. The Kier molecular flexibility index (Phi) is 5.59. The molecule has 0 saturated carbocycles. The van der Waals surface area contributed by atoms with Crippen LogP contribution in [0, 0.1) is 0 Å². The van der Waals surface area contributed by atoms with Crippen LogP contribution in [0.2, 0.25) is 0 Å². The zero-order valence-electron chi connectivity index (χ0n) is 12.8. The maximum atomic E-state index is 5.66. The molecule has 1 aliphatic heterocycles. The average Bonchev–Trinajstić information content (AvgIpc) is 2.91. The van der Waals surface area contributed by atoms with Gasteiger partial charge in [0.05, 0.1) is 6.10 Å². The predicted molar refractivity (Wildman–Crippen MR) is 81.3 cm³/mol. The van der Waals surface area contributed by atoms with Crippen LogP contribution >= 0.6 is 0 Å². The third-order valence-corrected chi connectivity index (χ3v) is 3.40. The van der Waals surface area contributed by atoms with Gasteiger partial charge in [-0.3, -0.25) is 0 Å². The number of nitrogens with zero attached hydrogens (tertiary/aromatic N) is 3. The molecule has 1 aromatic heterocycles. The van der Waals surface area contributed by atoms with Crippen molar-refractivity contribution in [1.29, 1.82) is 0 Å². The van der Waals surface area contributed by atoms with E-state index in [9.17, 15) is 0 Å². The van der Waals surface area contributed by atoms with Crippen molar-refractivity contribution in [2.45, 2.75) is 52.2 Å². The van der Waals surface area contributed by atoms with Crippen molar-refractivity contribution in [3.63, 3.8) is 0 Å². The Bertz CT molecular complexity index is 405. The predicted octanol–water partition coefficient (Wildman–Crippen LogP) is 2.23. The molecular weight excluding hydrogens is 252 g/mol. The molecule has 112 valence electrons. The fourth-order valence-electron chi connectivity index (χ4n) is 2.56. The van der Waals surface area contributed by atoms with Crippen molar-refractivity contribution >= 4 is 5.82 Å². The highest BCUT2D eigenvalue weighted by molar-refractivity contribution is 5.41. The van der Waals surface area contributed by atoms with Crippen LogP contribution in [-0.4, -0.2) is 41.7 Å². The summed E-state index contributed by atoms with van der Waals surface area (Å²) < 4.78 is 5.66. The Balaban J connectivity index is 2.06. The molecule has 0 spiro atoms. The maximum absolute atomic E-state index is 5.66. The van der Waals surface area contributed by atoms with Crippen LogP contribution in [0.5, 0.6) is 5.88 Å². The first-order chi connectivity index (χ1) is 9.69. The van der Waals surface area contributed by atoms with Crippen molar-refractivity contribution in [2.24, 2.45) is 0 Å². The molecule has 20 heavy (non-hydrogen) atoms. The number of hydrogen-bond acceptors (Lipinski definition) is 5. The molecule has 1 aromatic rings. The molecule has 1 fully saturated rings. The van der Waals surface area contributed by atoms with Gasteiger partial charge >= 0.3 is 0 Å². The lowest BCUT2D eigenvalue weighted by atomic mass is 10.2. The summed E-state index contributed by atoms with van der Waals surface area (Å²) in [7, 11) is 0. The second-order valence-electron chi connectivity index (χ2n) is 5.62. The first kappa shape index (κ1) is 15.0. The molecule has 2 rings (SSSR count). The van der Waals surface area contributed by atoms with E-state index in [-0.39, 0.29) is 6.10 Å². The normalized spacial score (nSPS) is 18.5. The van der Waals surface area contributed by atoms with Gasteiger partial charge in [-0.15, -0.1) is 0 Å². The van der Waals surface area contributed by atoms with E-state index in [1.807, 2.05) is 19.9 Å². The smallest absolute Gasteiger partial charge is 0.218 e. The molecule has 5 nitrogen and oxygen atoms in total. The Morgan fingerprint density at radius 3 is 2.95 bits per heavy atom. The largest absolute Gasteiger partial charge is 0.475 e. The average molecular weight is 278 g/mol. The summed E-state index contributed by atoms with van der Waals surface area (Å²) in [6.45, 7) is 9.36. The molecule has 0 bridgehead atoms. The van der Waals surface area contributed by atoms with Gasteiger partial charge in [-0.2, -0.15) is 0 Å². The van der Waals surface area contributed by atoms with Gasteiger partial charge < -0.3 is 15.0 Å². The van der Waals surface area contributed by atoms with Crippen molar-refractivity contribution in [2.75, 3.05) is 24.5 Å². The SMILES string of the molecule is CCCN(CC1CCCN1)c1cc(OC(C)C)ncn1. The lowest BCUT2D eigenvalue weighted by Gasteiger charge is -2.26. The van der Waals surface area contributed by atoms with E-state index in [2.05, 4.69) is 27.1 Å². The molecule has 1 saturated heterocycles. The molecule has 2 heterocycles. The van der Waals surface area contributed by atoms with E-state index in [0.717, 1.165) is 31.9 Å². The highest BCUT2D eigenvalue weighted by Crippen LogP contribution is 2.19. The molecule has 0 aromatic carbocycles. The lowest BCUT2D eigenvalue weighted by molar-refractivity contribution is 0.232. The van der Waals surface area contributed by atoms with Gasteiger partial charge in [-0.1, -0.05) is 6.92 Å². The molecular formula is C15H26N4O. The standard InChI is InChI=1S/C15H26N4O/c1-4-8-19(10-13-6-5-7-16-13)14-9-15(18-11-17-14)20-12(2)3/h9,11-13,16H,4-8,10H2,1-3H3. The second-order valence-corrected chi connectivity index (χ2v) is 5.62. The summed E-state index contributed by atoms with van der Waals surface area (Å²) in [5.41, 5.74) is 0. The maximum Gasteiger partial charge on any atom is 0.218 e. The van der Waals surface area contributed by atoms with E-state index in [0.29, 0.717) is 11.9 Å². The van der Waals surface area contributed by atoms with Crippen LogP contribution in [0.15, 0.2) is 12.4 Å². The van der Waals surface area contributed by atoms with Crippen molar-refractivity contribution in [3.8, 4) is 5.88 Å². The Morgan fingerprint density at radius 2 is 2.30 bits per heavy atom. The minimum Gasteiger partial charge on any atom is -0.475 e. The number of aromatic nitrogens is 2. The Morgan fingerprint density at radius 1 is 1.45 bits per heavy atom. The summed E-state index contributed by atoms with van der Waals surface area (Å²) in [4.78, 5) is 10.9. The first-order valence-electron chi connectivity index (χ1n) is 7.66. The molecule has 0 radical (unpaired) electrons. The van der Waals surface area contributed by atoms with Crippen LogP contribution in [-0.2, 0) is 0 Å². The summed E-state index contributed by atoms with van der Waals surface area (Å²) in [6.07, 6.45) is 5.36. The minimum absolute atomic E-state index is 0.133. The van der Waals surface area contributed by atoms with Crippen molar-refractivity contribution < 1.29 is 4.74 Å². The highest BCUT2D eigenvalue weighted by Gasteiger charge is 2.19. The monoisotopic (exact) mass is 278 g/mol. The first-order valence-corrected chi connectivity index (χ1v) is 7.66. The van der Waals surface area contributed by atoms with Crippen molar-refractivity contribution in [1.82, 2.24) is 15.3 Å². The van der Waals surface area contributed by atoms with Crippen LogP contribution < -0.4 is 15.0 Å². The van der Waals surface area contributed by atoms with Gasteiger partial charge in [-0.25, -0.2) is 9.97 Å². The number of anilines is 1. The Hall–Kier alpha value is -1.36. The molecule has 5 heteroatoms. The summed E-state index contributed by atoms with van der Waals surface area (Å²) in [5.74, 6) is 1.62. The molecule has 0 amide bonds. The molecule has 1 aliphatic rings. The fraction of sp³-hybridized carbons (Fsp3) is 0.733. The van der Waals surface area contributed by atoms with Crippen LogP contribution in [0.4, 0.5) is 5.82 Å². The van der Waals surface area contributed by atoms with Gasteiger partial charge in [0.1, 0.15) is 12.1 Å². The van der Waals surface area contributed by atoms with Gasteiger partial charge in [0.25, 0.3) is 0 Å². The zero-order chi connectivity index (χ0) is 14.4. The van der Waals surface area contributed by atoms with Crippen LogP contribution in [0.1, 0.15) is 40.0 Å². The topological polar surface area (TPSA) is 50.3 Å². The van der Waals surface area contributed by atoms with Crippen molar-refractivity contribution in [3.05, 3.63) is 12.4 Å². The van der Waals surface area contributed by atoms with Gasteiger partial charge in [0, 0.05) is 25.2 Å². The van der Waals surface area contributed by atoms with E-state index in [1.165, 1.54) is 12.8 Å². The zero-order valence-corrected chi connectivity index (χ0v) is 12.8. The van der Waals surface area contributed by atoms with Crippen LogP contribution in [0.3, 0.4) is 0 Å². The highest BCUT2D eigenvalue weighted by atomic mass is 16.5. The number of ether oxygens (including phenoxy) is 1. The number of rotatable bonds is 7. The summed E-state index contributed by atoms with van der Waals surface area (Å²) in [5, 5.41) is 3.55. The quantitative estimate of drug-likeness (QED) is 0.829. The minimum atomic E-state index is 0.133. The van der Waals surface area contributed by atoms with Crippen LogP contribution in [0.25, 0.3) is 0 Å². The van der Waals surface area contributed by atoms with E-state index < -0.39 is 0 Å².